The summed E-state index contributed by atoms with van der Waals surface area (Å²) in [5.74, 6) is -0.560. The van der Waals surface area contributed by atoms with Gasteiger partial charge in [0.15, 0.2) is 0 Å². The lowest BCUT2D eigenvalue weighted by Gasteiger charge is -2.16. The van der Waals surface area contributed by atoms with Gasteiger partial charge in [-0.1, -0.05) is 30.3 Å². The van der Waals surface area contributed by atoms with Gasteiger partial charge in [0.1, 0.15) is 5.69 Å². The second-order valence-electron chi connectivity index (χ2n) is 7.03. The van der Waals surface area contributed by atoms with Gasteiger partial charge in [0, 0.05) is 31.4 Å². The summed E-state index contributed by atoms with van der Waals surface area (Å²) in [6, 6.07) is 10.4. The van der Waals surface area contributed by atoms with Crippen molar-refractivity contribution in [3.05, 3.63) is 58.4 Å². The molecular weight excluding hydrogens is 342 g/mol. The minimum absolute atomic E-state index is 0.107. The molecule has 1 atom stereocenters. The van der Waals surface area contributed by atoms with Crippen molar-refractivity contribution in [1.29, 1.82) is 0 Å². The van der Waals surface area contributed by atoms with Gasteiger partial charge in [0.2, 0.25) is 0 Å². The van der Waals surface area contributed by atoms with Gasteiger partial charge < -0.3 is 15.0 Å². The number of esters is 1. The van der Waals surface area contributed by atoms with E-state index in [-0.39, 0.29) is 11.9 Å². The fraction of sp³-hybridized carbons (Fsp3) is 0.429. The molecule has 6 nitrogen and oxygen atoms in total. The number of aryl methyl sites for hydroxylation is 1. The fourth-order valence-electron chi connectivity index (χ4n) is 3.68. The van der Waals surface area contributed by atoms with Gasteiger partial charge in [-0.2, -0.15) is 0 Å². The van der Waals surface area contributed by atoms with Gasteiger partial charge in [-0.3, -0.25) is 9.69 Å². The van der Waals surface area contributed by atoms with Gasteiger partial charge in [-0.05, 0) is 38.3 Å². The van der Waals surface area contributed by atoms with Gasteiger partial charge in [0.25, 0.3) is 5.91 Å². The molecule has 144 valence electrons. The van der Waals surface area contributed by atoms with E-state index in [2.05, 4.69) is 27.3 Å². The number of amides is 1. The van der Waals surface area contributed by atoms with Crippen LogP contribution in [0.15, 0.2) is 30.3 Å². The van der Waals surface area contributed by atoms with Crippen molar-refractivity contribution in [1.82, 2.24) is 15.2 Å². The third kappa shape index (κ3) is 4.39. The lowest BCUT2D eigenvalue weighted by molar-refractivity contribution is 0.0525. The largest absolute Gasteiger partial charge is 0.462 e. The molecular formula is C21H27N3O3. The van der Waals surface area contributed by atoms with E-state index in [1.54, 1.807) is 20.8 Å². The molecule has 1 aromatic carbocycles. The number of likely N-dealkylation sites (tertiary alicyclic amines) is 1. The van der Waals surface area contributed by atoms with Crippen molar-refractivity contribution in [2.45, 2.75) is 39.8 Å². The summed E-state index contributed by atoms with van der Waals surface area (Å²) >= 11 is 0. The standard InChI is InChI=1S/C21H27N3O3/c1-4-27-21(26)18-14(2)19(22-15(18)3)20(25)23-17-10-11-24(13-17)12-16-8-6-5-7-9-16/h5-9,17,22H,4,10-13H2,1-3H3,(H,23,25)/t17-/m1/s1. The maximum absolute atomic E-state index is 12.7. The zero-order valence-electron chi connectivity index (χ0n) is 16.2. The molecule has 0 saturated carbocycles. The van der Waals surface area contributed by atoms with E-state index in [1.165, 1.54) is 5.56 Å². The van der Waals surface area contributed by atoms with Crippen LogP contribution in [-0.4, -0.2) is 47.5 Å². The fourth-order valence-corrected chi connectivity index (χ4v) is 3.68. The third-order valence-corrected chi connectivity index (χ3v) is 5.00. The maximum Gasteiger partial charge on any atom is 0.340 e. The summed E-state index contributed by atoms with van der Waals surface area (Å²) < 4.78 is 5.09. The Kier molecular flexibility index (Phi) is 5.96. The summed E-state index contributed by atoms with van der Waals surface area (Å²) in [7, 11) is 0. The molecule has 1 saturated heterocycles. The zero-order chi connectivity index (χ0) is 19.4. The SMILES string of the molecule is CCOC(=O)c1c(C)[nH]c(C(=O)N[C@@H]2CCN(Cc3ccccc3)C2)c1C. The van der Waals surface area contributed by atoms with Crippen LogP contribution in [0.1, 0.15) is 51.0 Å². The van der Waals surface area contributed by atoms with Gasteiger partial charge in [-0.15, -0.1) is 0 Å². The van der Waals surface area contributed by atoms with Crippen LogP contribution >= 0.6 is 0 Å². The Morgan fingerprint density at radius 2 is 2.00 bits per heavy atom. The van der Waals surface area contributed by atoms with E-state index in [0.717, 1.165) is 26.1 Å². The zero-order valence-corrected chi connectivity index (χ0v) is 16.2. The number of nitrogens with one attached hydrogen (secondary N) is 2. The van der Waals surface area contributed by atoms with Crippen LogP contribution in [-0.2, 0) is 11.3 Å². The summed E-state index contributed by atoms with van der Waals surface area (Å²) in [5.41, 5.74) is 3.48. The Morgan fingerprint density at radius 1 is 1.26 bits per heavy atom. The number of hydrogen-bond donors (Lipinski definition) is 2. The second-order valence-corrected chi connectivity index (χ2v) is 7.03. The molecule has 0 unspecified atom stereocenters. The number of H-pyrrole nitrogens is 1. The Morgan fingerprint density at radius 3 is 2.70 bits per heavy atom. The second kappa shape index (κ2) is 8.39. The highest BCUT2D eigenvalue weighted by molar-refractivity contribution is 6.00. The molecule has 1 aliphatic rings. The molecule has 27 heavy (non-hydrogen) atoms. The molecule has 0 spiro atoms. The number of hydrogen-bond acceptors (Lipinski definition) is 4. The predicted octanol–water partition coefficient (Wildman–Crippen LogP) is 2.81. The molecule has 1 aromatic heterocycles. The molecule has 1 aliphatic heterocycles. The van der Waals surface area contributed by atoms with Crippen LogP contribution in [0, 0.1) is 13.8 Å². The van der Waals surface area contributed by atoms with Crippen LogP contribution in [0.2, 0.25) is 0 Å². The van der Waals surface area contributed by atoms with E-state index in [9.17, 15) is 9.59 Å². The Labute approximate surface area is 159 Å². The molecule has 2 N–H and O–H groups in total. The Hall–Kier alpha value is -2.60. The first kappa shape index (κ1) is 19.2. The van der Waals surface area contributed by atoms with Gasteiger partial charge in [0.05, 0.1) is 12.2 Å². The van der Waals surface area contributed by atoms with Crippen LogP contribution in [0.3, 0.4) is 0 Å². The quantitative estimate of drug-likeness (QED) is 0.768. The highest BCUT2D eigenvalue weighted by Gasteiger charge is 2.27. The Balaban J connectivity index is 1.61. The maximum atomic E-state index is 12.7. The topological polar surface area (TPSA) is 74.4 Å². The lowest BCUT2D eigenvalue weighted by atomic mass is 10.1. The highest BCUT2D eigenvalue weighted by Crippen LogP contribution is 2.20. The van der Waals surface area contributed by atoms with E-state index in [0.29, 0.717) is 29.1 Å². The predicted molar refractivity (Wildman–Crippen MR) is 104 cm³/mol. The lowest BCUT2D eigenvalue weighted by Crippen LogP contribution is -2.37. The average Bonchev–Trinajstić information content (AvgIpc) is 3.19. The summed E-state index contributed by atoms with van der Waals surface area (Å²) in [4.78, 5) is 30.2. The molecule has 2 heterocycles. The number of aromatic amines is 1. The van der Waals surface area contributed by atoms with Crippen molar-refractivity contribution in [3.8, 4) is 0 Å². The molecule has 2 aromatic rings. The van der Waals surface area contributed by atoms with Gasteiger partial charge in [-0.25, -0.2) is 4.79 Å². The third-order valence-electron chi connectivity index (χ3n) is 5.00. The monoisotopic (exact) mass is 369 g/mol. The van der Waals surface area contributed by atoms with Crippen LogP contribution in [0.25, 0.3) is 0 Å². The van der Waals surface area contributed by atoms with Crippen molar-refractivity contribution < 1.29 is 14.3 Å². The summed E-state index contributed by atoms with van der Waals surface area (Å²) in [6.45, 7) is 8.31. The number of carbonyl (C=O) groups excluding carboxylic acids is 2. The number of nitrogens with zero attached hydrogens (tertiary/aromatic N) is 1. The molecule has 1 fully saturated rings. The van der Waals surface area contributed by atoms with Crippen LogP contribution in [0.4, 0.5) is 0 Å². The van der Waals surface area contributed by atoms with Crippen molar-refractivity contribution in [2.75, 3.05) is 19.7 Å². The van der Waals surface area contributed by atoms with Gasteiger partial charge >= 0.3 is 5.97 Å². The Bertz CT molecular complexity index is 814. The smallest absolute Gasteiger partial charge is 0.340 e. The van der Waals surface area contributed by atoms with E-state index in [4.69, 9.17) is 4.74 Å². The van der Waals surface area contributed by atoms with Crippen molar-refractivity contribution >= 4 is 11.9 Å². The van der Waals surface area contributed by atoms with Crippen molar-refractivity contribution in [2.24, 2.45) is 0 Å². The van der Waals surface area contributed by atoms with Crippen LogP contribution < -0.4 is 5.32 Å². The molecule has 6 heteroatoms. The first-order valence-electron chi connectivity index (χ1n) is 9.43. The first-order chi connectivity index (χ1) is 13.0. The number of rotatable bonds is 6. The minimum Gasteiger partial charge on any atom is -0.462 e. The minimum atomic E-state index is -0.391. The number of aromatic nitrogens is 1. The molecule has 0 radical (unpaired) electrons. The molecule has 0 bridgehead atoms. The average molecular weight is 369 g/mol. The highest BCUT2D eigenvalue weighted by atomic mass is 16.5. The van der Waals surface area contributed by atoms with E-state index >= 15 is 0 Å². The van der Waals surface area contributed by atoms with E-state index in [1.807, 2.05) is 18.2 Å². The number of benzene rings is 1. The number of carbonyl (C=O) groups is 2. The molecule has 0 aliphatic carbocycles. The van der Waals surface area contributed by atoms with Crippen molar-refractivity contribution in [3.63, 3.8) is 0 Å². The summed E-state index contributed by atoms with van der Waals surface area (Å²) in [6.07, 6.45) is 0.919. The molecule has 1 amide bonds. The molecule has 3 rings (SSSR count). The number of ether oxygens (including phenoxy) is 1. The first-order valence-corrected chi connectivity index (χ1v) is 9.43. The normalized spacial score (nSPS) is 17.1. The van der Waals surface area contributed by atoms with Crippen LogP contribution in [0.5, 0.6) is 0 Å². The van der Waals surface area contributed by atoms with E-state index < -0.39 is 5.97 Å². The summed E-state index contributed by atoms with van der Waals surface area (Å²) in [5, 5.41) is 3.10.